The third-order valence-corrected chi connectivity index (χ3v) is 6.00. The molecule has 0 radical (unpaired) electrons. The maximum absolute atomic E-state index is 13.4. The molecule has 9 nitrogen and oxygen atoms in total. The van der Waals surface area contributed by atoms with Crippen LogP contribution in [0.5, 0.6) is 5.75 Å². The molecule has 1 saturated carbocycles. The first-order valence-corrected chi connectivity index (χ1v) is 9.96. The first kappa shape index (κ1) is 19.6. The molecule has 0 bridgehead atoms. The van der Waals surface area contributed by atoms with Crippen LogP contribution in [-0.4, -0.2) is 53.3 Å². The van der Waals surface area contributed by atoms with Crippen molar-refractivity contribution in [1.29, 1.82) is 0 Å². The van der Waals surface area contributed by atoms with E-state index in [2.05, 4.69) is 10.3 Å². The van der Waals surface area contributed by atoms with Gasteiger partial charge in [0.05, 0.1) is 11.1 Å². The monoisotopic (exact) mass is 433 g/mol. The number of cyclic esters (lactones) is 1. The molecule has 2 amide bonds. The van der Waals surface area contributed by atoms with Crippen molar-refractivity contribution in [2.45, 2.75) is 43.8 Å². The summed E-state index contributed by atoms with van der Waals surface area (Å²) in [5.74, 6) is 0.714. The first-order valence-electron chi connectivity index (χ1n) is 9.96. The summed E-state index contributed by atoms with van der Waals surface area (Å²) in [5.41, 5.74) is 6.29. The first-order chi connectivity index (χ1) is 14.8. The number of benzene rings is 1. The van der Waals surface area contributed by atoms with Gasteiger partial charge in [0.25, 0.3) is 6.43 Å². The van der Waals surface area contributed by atoms with E-state index >= 15 is 0 Å². The number of anilines is 2. The standard InChI is InChI=1S/C20H21F2N5O4/c1-10(17(23)28)24-11-2-3-12-14(6-11)31-9-20(4-5-20)26-7-15(25-18(12)26)27-13(16(21)22)8-30-19(27)29/h2-3,6-7,10,13,16,24H,4-5,8-9H2,1H3,(H2,23,28)/t10-,13?/m0/s1. The minimum atomic E-state index is -2.75. The SMILES string of the molecule is C[C@H](Nc1ccc2c(c1)OCC1(CC1)n1cc(N3C(=O)OCC3C(F)F)nc1-2)C(N)=O. The molecule has 164 valence electrons. The highest BCUT2D eigenvalue weighted by Gasteiger charge is 2.50. The van der Waals surface area contributed by atoms with Gasteiger partial charge >= 0.3 is 6.09 Å². The van der Waals surface area contributed by atoms with Crippen molar-refractivity contribution in [3.63, 3.8) is 0 Å². The van der Waals surface area contributed by atoms with Crippen molar-refractivity contribution in [1.82, 2.24) is 9.55 Å². The van der Waals surface area contributed by atoms with Gasteiger partial charge in [0.1, 0.15) is 36.9 Å². The molecule has 2 atom stereocenters. The molecular formula is C20H21F2N5O4. The normalized spacial score (nSPS) is 21.7. The Balaban J connectivity index is 1.56. The number of amides is 2. The second kappa shape index (κ2) is 6.82. The summed E-state index contributed by atoms with van der Waals surface area (Å²) < 4.78 is 39.7. The van der Waals surface area contributed by atoms with Crippen LogP contribution >= 0.6 is 0 Å². The minimum absolute atomic E-state index is 0.131. The molecule has 31 heavy (non-hydrogen) atoms. The number of imidazole rings is 1. The fraction of sp³-hybridized carbons (Fsp3) is 0.450. The van der Waals surface area contributed by atoms with Crippen LogP contribution in [0.3, 0.4) is 0 Å². The maximum atomic E-state index is 13.4. The predicted molar refractivity (Wildman–Crippen MR) is 106 cm³/mol. The molecular weight excluding hydrogens is 412 g/mol. The van der Waals surface area contributed by atoms with Gasteiger partial charge in [0.2, 0.25) is 5.91 Å². The van der Waals surface area contributed by atoms with E-state index in [9.17, 15) is 18.4 Å². The minimum Gasteiger partial charge on any atom is -0.490 e. The van der Waals surface area contributed by atoms with E-state index in [0.29, 0.717) is 29.4 Å². The lowest BCUT2D eigenvalue weighted by atomic mass is 10.1. The van der Waals surface area contributed by atoms with Gasteiger partial charge in [-0.25, -0.2) is 23.5 Å². The Bertz CT molecular complexity index is 1070. The molecule has 3 N–H and O–H groups in total. The second-order valence-corrected chi connectivity index (χ2v) is 8.13. The fourth-order valence-corrected chi connectivity index (χ4v) is 3.97. The number of carbonyl (C=O) groups is 2. The third kappa shape index (κ3) is 3.15. The van der Waals surface area contributed by atoms with E-state index in [0.717, 1.165) is 17.7 Å². The van der Waals surface area contributed by atoms with Crippen LogP contribution in [0.15, 0.2) is 24.4 Å². The molecule has 2 fully saturated rings. The van der Waals surface area contributed by atoms with E-state index in [4.69, 9.17) is 15.2 Å². The van der Waals surface area contributed by atoms with Gasteiger partial charge in [-0.15, -0.1) is 0 Å². The zero-order chi connectivity index (χ0) is 21.9. The van der Waals surface area contributed by atoms with Gasteiger partial charge < -0.3 is 25.1 Å². The van der Waals surface area contributed by atoms with E-state index in [1.165, 1.54) is 0 Å². The Labute approximate surface area is 176 Å². The third-order valence-electron chi connectivity index (χ3n) is 6.00. The summed E-state index contributed by atoms with van der Waals surface area (Å²) in [6, 6.07) is 3.35. The Morgan fingerprint density at radius 3 is 2.81 bits per heavy atom. The molecule has 11 heteroatoms. The summed E-state index contributed by atoms with van der Waals surface area (Å²) in [4.78, 5) is 29.0. The average molecular weight is 433 g/mol. The van der Waals surface area contributed by atoms with Crippen molar-refractivity contribution < 1.29 is 27.8 Å². The maximum Gasteiger partial charge on any atom is 0.416 e. The van der Waals surface area contributed by atoms with E-state index in [-0.39, 0.29) is 18.0 Å². The summed E-state index contributed by atoms with van der Waals surface area (Å²) in [6.07, 6.45) is -0.268. The molecule has 1 aromatic carbocycles. The summed E-state index contributed by atoms with van der Waals surface area (Å²) in [7, 11) is 0. The summed E-state index contributed by atoms with van der Waals surface area (Å²) in [6.45, 7) is 1.65. The van der Waals surface area contributed by atoms with Crippen molar-refractivity contribution in [3.8, 4) is 17.1 Å². The molecule has 3 aliphatic rings. The molecule has 1 aliphatic carbocycles. The van der Waals surface area contributed by atoms with Gasteiger partial charge in [0, 0.05) is 18.0 Å². The summed E-state index contributed by atoms with van der Waals surface area (Å²) >= 11 is 0. The van der Waals surface area contributed by atoms with Crippen LogP contribution in [0.2, 0.25) is 0 Å². The highest BCUT2D eigenvalue weighted by Crippen LogP contribution is 2.50. The van der Waals surface area contributed by atoms with Crippen LogP contribution in [0, 0.1) is 0 Å². The highest BCUT2D eigenvalue weighted by molar-refractivity contribution is 5.90. The predicted octanol–water partition coefficient (Wildman–Crippen LogP) is 2.31. The number of fused-ring (bicyclic) bond motifs is 4. The second-order valence-electron chi connectivity index (χ2n) is 8.13. The van der Waals surface area contributed by atoms with Crippen LogP contribution < -0.4 is 20.7 Å². The number of nitrogens with zero attached hydrogens (tertiary/aromatic N) is 3. The van der Waals surface area contributed by atoms with Crippen LogP contribution in [0.1, 0.15) is 19.8 Å². The molecule has 1 spiro atoms. The van der Waals surface area contributed by atoms with Crippen molar-refractivity contribution >= 4 is 23.5 Å². The molecule has 3 heterocycles. The number of rotatable bonds is 5. The quantitative estimate of drug-likeness (QED) is 0.749. The van der Waals surface area contributed by atoms with Gasteiger partial charge in [0.15, 0.2) is 5.82 Å². The topological polar surface area (TPSA) is 112 Å². The average Bonchev–Trinajstić information content (AvgIpc) is 3.25. The molecule has 1 saturated heterocycles. The number of aromatic nitrogens is 2. The van der Waals surface area contributed by atoms with Crippen LogP contribution in [-0.2, 0) is 15.1 Å². The molecule has 1 unspecified atom stereocenters. The van der Waals surface area contributed by atoms with Gasteiger partial charge in [-0.2, -0.15) is 0 Å². The Hall–Kier alpha value is -3.37. The zero-order valence-corrected chi connectivity index (χ0v) is 16.7. The lowest BCUT2D eigenvalue weighted by Crippen LogP contribution is -2.39. The number of nitrogens with one attached hydrogen (secondary N) is 1. The van der Waals surface area contributed by atoms with E-state index in [1.54, 1.807) is 31.3 Å². The van der Waals surface area contributed by atoms with Crippen LogP contribution in [0.25, 0.3) is 11.4 Å². The molecule has 1 aromatic heterocycles. The van der Waals surface area contributed by atoms with Crippen molar-refractivity contribution in [2.75, 3.05) is 23.4 Å². The number of primary amides is 1. The van der Waals surface area contributed by atoms with E-state index in [1.807, 2.05) is 4.57 Å². The Morgan fingerprint density at radius 1 is 1.35 bits per heavy atom. The number of nitrogens with two attached hydrogens (primary N) is 1. The van der Waals surface area contributed by atoms with Gasteiger partial charge in [-0.1, -0.05) is 0 Å². The number of hydrogen-bond acceptors (Lipinski definition) is 6. The van der Waals surface area contributed by atoms with Gasteiger partial charge in [-0.05, 0) is 31.9 Å². The molecule has 2 aromatic rings. The lowest BCUT2D eigenvalue weighted by molar-refractivity contribution is -0.118. The number of hydrogen-bond donors (Lipinski definition) is 2. The number of halogens is 2. The molecule has 2 aliphatic heterocycles. The fourth-order valence-electron chi connectivity index (χ4n) is 3.97. The van der Waals surface area contributed by atoms with Crippen LogP contribution in [0.4, 0.5) is 25.1 Å². The summed E-state index contributed by atoms with van der Waals surface area (Å²) in [5, 5.41) is 3.01. The smallest absolute Gasteiger partial charge is 0.416 e. The van der Waals surface area contributed by atoms with Gasteiger partial charge in [-0.3, -0.25) is 4.79 Å². The number of alkyl halides is 2. The molecule has 5 rings (SSSR count). The number of carbonyl (C=O) groups excluding carboxylic acids is 2. The Morgan fingerprint density at radius 2 is 2.13 bits per heavy atom. The van der Waals surface area contributed by atoms with Crippen molar-refractivity contribution in [3.05, 3.63) is 24.4 Å². The largest absolute Gasteiger partial charge is 0.490 e. The zero-order valence-electron chi connectivity index (χ0n) is 16.7. The Kier molecular flexibility index (Phi) is 4.31. The lowest BCUT2D eigenvalue weighted by Gasteiger charge is -2.19. The van der Waals surface area contributed by atoms with Crippen molar-refractivity contribution in [2.24, 2.45) is 5.73 Å². The van der Waals surface area contributed by atoms with E-state index < -0.39 is 30.5 Å². The highest BCUT2D eigenvalue weighted by atomic mass is 19.3. The number of ether oxygens (including phenoxy) is 2.